The van der Waals surface area contributed by atoms with Crippen molar-refractivity contribution in [3.63, 3.8) is 0 Å². The van der Waals surface area contributed by atoms with Crippen molar-refractivity contribution in [3.8, 4) is 11.5 Å². The maximum Gasteiger partial charge on any atom is 0.269 e. The molecule has 0 fully saturated rings. The molecular formula is C17H17ClN2O5. The first kappa shape index (κ1) is 18.5. The second kappa shape index (κ2) is 8.89. The highest BCUT2D eigenvalue weighted by Crippen LogP contribution is 2.32. The minimum Gasteiger partial charge on any atom is -0.493 e. The van der Waals surface area contributed by atoms with Gasteiger partial charge in [-0.05, 0) is 18.6 Å². The Kier molecular flexibility index (Phi) is 6.59. The predicted octanol–water partition coefficient (Wildman–Crippen LogP) is 4.21. The van der Waals surface area contributed by atoms with Gasteiger partial charge in [0.05, 0.1) is 29.9 Å². The van der Waals surface area contributed by atoms with E-state index in [1.165, 1.54) is 25.5 Å². The third-order valence-corrected chi connectivity index (χ3v) is 3.53. The Morgan fingerprint density at radius 3 is 2.76 bits per heavy atom. The van der Waals surface area contributed by atoms with Crippen LogP contribution in [0, 0.1) is 10.1 Å². The molecule has 0 aromatic heterocycles. The second-order valence-corrected chi connectivity index (χ2v) is 5.30. The number of hydrogen-bond donors (Lipinski definition) is 0. The minimum absolute atomic E-state index is 0.00405. The topological polar surface area (TPSA) is 83.2 Å². The van der Waals surface area contributed by atoms with Gasteiger partial charge in [0.25, 0.3) is 5.69 Å². The molecule has 0 atom stereocenters. The van der Waals surface area contributed by atoms with Crippen molar-refractivity contribution >= 4 is 23.5 Å². The molecular weight excluding hydrogens is 348 g/mol. The molecule has 0 saturated heterocycles. The molecule has 0 amide bonds. The number of nitrogens with zero attached hydrogens (tertiary/aromatic N) is 2. The number of halogens is 1. The molecule has 8 heteroatoms. The first-order chi connectivity index (χ1) is 12.0. The smallest absolute Gasteiger partial charge is 0.269 e. The largest absolute Gasteiger partial charge is 0.493 e. The van der Waals surface area contributed by atoms with Crippen molar-refractivity contribution in [2.45, 2.75) is 13.5 Å². The van der Waals surface area contributed by atoms with Gasteiger partial charge in [0.1, 0.15) is 6.61 Å². The molecule has 2 aromatic rings. The summed E-state index contributed by atoms with van der Waals surface area (Å²) in [7, 11) is 1.53. The third kappa shape index (κ3) is 5.09. The Balaban J connectivity index is 2.04. The molecule has 2 rings (SSSR count). The summed E-state index contributed by atoms with van der Waals surface area (Å²) in [6.45, 7) is 2.46. The summed E-state index contributed by atoms with van der Waals surface area (Å²) in [5.41, 5.74) is 1.24. The van der Waals surface area contributed by atoms with Crippen LogP contribution in [-0.2, 0) is 11.4 Å². The molecule has 7 nitrogen and oxygen atoms in total. The monoisotopic (exact) mass is 364 g/mol. The Bertz CT molecular complexity index is 780. The van der Waals surface area contributed by atoms with E-state index in [2.05, 4.69) is 5.16 Å². The van der Waals surface area contributed by atoms with E-state index < -0.39 is 4.92 Å². The lowest BCUT2D eigenvalue weighted by molar-refractivity contribution is -0.384. The van der Waals surface area contributed by atoms with Gasteiger partial charge in [-0.3, -0.25) is 10.1 Å². The molecule has 132 valence electrons. The van der Waals surface area contributed by atoms with Gasteiger partial charge in [-0.1, -0.05) is 28.9 Å². The summed E-state index contributed by atoms with van der Waals surface area (Å²) in [4.78, 5) is 15.5. The van der Waals surface area contributed by atoms with Crippen LogP contribution in [0.1, 0.15) is 18.1 Å². The van der Waals surface area contributed by atoms with E-state index >= 15 is 0 Å². The van der Waals surface area contributed by atoms with Crippen LogP contribution in [0.15, 0.2) is 41.6 Å². The van der Waals surface area contributed by atoms with Crippen molar-refractivity contribution in [2.24, 2.45) is 5.16 Å². The minimum atomic E-state index is -0.460. The molecule has 0 heterocycles. The highest BCUT2D eigenvalue weighted by Gasteiger charge is 2.09. The van der Waals surface area contributed by atoms with Crippen LogP contribution in [0.3, 0.4) is 0 Å². The molecule has 2 aromatic carbocycles. The van der Waals surface area contributed by atoms with E-state index in [0.717, 1.165) is 0 Å². The maximum atomic E-state index is 10.7. The highest BCUT2D eigenvalue weighted by molar-refractivity contribution is 6.33. The van der Waals surface area contributed by atoms with Gasteiger partial charge in [0.2, 0.25) is 0 Å². The van der Waals surface area contributed by atoms with Crippen molar-refractivity contribution in [1.82, 2.24) is 0 Å². The molecule has 0 unspecified atom stereocenters. The fourth-order valence-electron chi connectivity index (χ4n) is 2.04. The van der Waals surface area contributed by atoms with E-state index in [1.807, 2.05) is 6.92 Å². The number of nitro groups is 1. The van der Waals surface area contributed by atoms with Gasteiger partial charge in [0, 0.05) is 23.8 Å². The van der Waals surface area contributed by atoms with Crippen molar-refractivity contribution in [2.75, 3.05) is 13.7 Å². The Morgan fingerprint density at radius 2 is 2.08 bits per heavy atom. The average molecular weight is 365 g/mol. The lowest BCUT2D eigenvalue weighted by Crippen LogP contribution is -1.97. The maximum absolute atomic E-state index is 10.7. The number of nitro benzene ring substituents is 1. The summed E-state index contributed by atoms with van der Waals surface area (Å²) < 4.78 is 10.7. The number of benzene rings is 2. The van der Waals surface area contributed by atoms with Crippen LogP contribution in [0.2, 0.25) is 5.02 Å². The quantitative estimate of drug-likeness (QED) is 0.398. The summed E-state index contributed by atoms with van der Waals surface area (Å²) in [5.74, 6) is 1.08. The summed E-state index contributed by atoms with van der Waals surface area (Å²) >= 11 is 6.19. The van der Waals surface area contributed by atoms with E-state index in [4.69, 9.17) is 25.9 Å². The molecule has 0 aliphatic rings. The van der Waals surface area contributed by atoms with E-state index in [1.54, 1.807) is 24.3 Å². The van der Waals surface area contributed by atoms with Gasteiger partial charge in [-0.15, -0.1) is 0 Å². The zero-order chi connectivity index (χ0) is 18.2. The third-order valence-electron chi connectivity index (χ3n) is 3.20. The van der Waals surface area contributed by atoms with Crippen LogP contribution < -0.4 is 9.47 Å². The normalized spacial score (nSPS) is 10.7. The molecule has 0 N–H and O–H groups in total. The Morgan fingerprint density at radius 1 is 1.28 bits per heavy atom. The Labute approximate surface area is 149 Å². The van der Waals surface area contributed by atoms with Gasteiger partial charge >= 0.3 is 0 Å². The standard InChI is InChI=1S/C17H17ClN2O5/c1-3-24-17-9-15(18)13(8-16(17)23-2)10-19-25-11-12-5-4-6-14(7-12)20(21)22/h4-10H,3,11H2,1-2H3/b19-10-. The molecule has 0 aliphatic carbocycles. The summed E-state index contributed by atoms with van der Waals surface area (Å²) in [5, 5.41) is 15.0. The Hall–Kier alpha value is -2.80. The van der Waals surface area contributed by atoms with Crippen molar-refractivity contribution < 1.29 is 19.2 Å². The van der Waals surface area contributed by atoms with Crippen LogP contribution in [-0.4, -0.2) is 24.9 Å². The van der Waals surface area contributed by atoms with Gasteiger partial charge in [0.15, 0.2) is 11.5 Å². The summed E-state index contributed by atoms with van der Waals surface area (Å²) in [6, 6.07) is 9.49. The van der Waals surface area contributed by atoms with E-state index in [0.29, 0.717) is 34.3 Å². The molecule has 0 radical (unpaired) electrons. The zero-order valence-corrected chi connectivity index (χ0v) is 14.5. The first-order valence-corrected chi connectivity index (χ1v) is 7.82. The fourth-order valence-corrected chi connectivity index (χ4v) is 2.25. The molecule has 0 saturated carbocycles. The van der Waals surface area contributed by atoms with Crippen LogP contribution in [0.4, 0.5) is 5.69 Å². The van der Waals surface area contributed by atoms with Gasteiger partial charge < -0.3 is 14.3 Å². The molecule has 0 aliphatic heterocycles. The van der Waals surface area contributed by atoms with Crippen LogP contribution in [0.25, 0.3) is 0 Å². The first-order valence-electron chi connectivity index (χ1n) is 7.44. The lowest BCUT2D eigenvalue weighted by Gasteiger charge is -2.10. The molecule has 0 spiro atoms. The predicted molar refractivity (Wildman–Crippen MR) is 94.7 cm³/mol. The SMILES string of the molecule is CCOc1cc(Cl)c(/C=N\OCc2cccc([N+](=O)[O-])c2)cc1OC. The summed E-state index contributed by atoms with van der Waals surface area (Å²) in [6.07, 6.45) is 1.44. The number of non-ortho nitro benzene ring substituents is 1. The number of rotatable bonds is 8. The molecule has 25 heavy (non-hydrogen) atoms. The highest BCUT2D eigenvalue weighted by atomic mass is 35.5. The number of oxime groups is 1. The zero-order valence-electron chi connectivity index (χ0n) is 13.8. The van der Waals surface area contributed by atoms with E-state index in [-0.39, 0.29) is 12.3 Å². The fraction of sp³-hybridized carbons (Fsp3) is 0.235. The lowest BCUT2D eigenvalue weighted by atomic mass is 10.2. The molecule has 0 bridgehead atoms. The average Bonchev–Trinajstić information content (AvgIpc) is 2.60. The van der Waals surface area contributed by atoms with Gasteiger partial charge in [-0.25, -0.2) is 0 Å². The number of ether oxygens (including phenoxy) is 2. The number of methoxy groups -OCH3 is 1. The van der Waals surface area contributed by atoms with Crippen molar-refractivity contribution in [3.05, 3.63) is 62.7 Å². The second-order valence-electron chi connectivity index (χ2n) is 4.89. The van der Waals surface area contributed by atoms with Crippen molar-refractivity contribution in [1.29, 1.82) is 0 Å². The van der Waals surface area contributed by atoms with Gasteiger partial charge in [-0.2, -0.15) is 0 Å². The number of hydrogen-bond acceptors (Lipinski definition) is 6. The van der Waals surface area contributed by atoms with E-state index in [9.17, 15) is 10.1 Å². The van der Waals surface area contributed by atoms with Crippen LogP contribution >= 0.6 is 11.6 Å². The van der Waals surface area contributed by atoms with Crippen LogP contribution in [0.5, 0.6) is 11.5 Å².